The Bertz CT molecular complexity index is 413. The van der Waals surface area contributed by atoms with Crippen molar-refractivity contribution in [1.82, 2.24) is 0 Å². The molecule has 1 aromatic rings. The van der Waals surface area contributed by atoms with E-state index in [-0.39, 0.29) is 11.5 Å². The van der Waals surface area contributed by atoms with Gasteiger partial charge in [0.05, 0.1) is 7.11 Å². The van der Waals surface area contributed by atoms with Crippen molar-refractivity contribution in [1.29, 1.82) is 0 Å². The summed E-state index contributed by atoms with van der Waals surface area (Å²) >= 11 is 0. The highest BCUT2D eigenvalue weighted by molar-refractivity contribution is 5.41. The van der Waals surface area contributed by atoms with Crippen LogP contribution in [0.4, 0.5) is 0 Å². The van der Waals surface area contributed by atoms with Crippen LogP contribution in [0.25, 0.3) is 0 Å². The predicted molar refractivity (Wildman–Crippen MR) is 81.5 cm³/mol. The average Bonchev–Trinajstić information content (AvgIpc) is 2.36. The molecule has 1 rings (SSSR count). The van der Waals surface area contributed by atoms with E-state index in [0.29, 0.717) is 12.5 Å². The molecule has 1 unspecified atom stereocenters. The summed E-state index contributed by atoms with van der Waals surface area (Å²) in [5.74, 6) is 1.36. The Morgan fingerprint density at radius 3 is 2.37 bits per heavy atom. The molecule has 0 amide bonds. The predicted octanol–water partition coefficient (Wildman–Crippen LogP) is 3.19. The number of nitrogens with two attached hydrogens (primary N) is 2. The normalized spacial score (nSPS) is 13.7. The Kier molecular flexibility index (Phi) is 5.39. The lowest BCUT2D eigenvalue weighted by atomic mass is 9.78. The molecule has 3 heteroatoms. The molecule has 19 heavy (non-hydrogen) atoms. The lowest BCUT2D eigenvalue weighted by molar-refractivity contribution is 0.264. The topological polar surface area (TPSA) is 61.3 Å². The molecule has 0 aliphatic rings. The largest absolute Gasteiger partial charge is 0.496 e. The highest BCUT2D eigenvalue weighted by Crippen LogP contribution is 2.39. The maximum Gasteiger partial charge on any atom is 0.123 e. The first-order valence-corrected chi connectivity index (χ1v) is 6.97. The average molecular weight is 264 g/mol. The fourth-order valence-corrected chi connectivity index (χ4v) is 2.29. The van der Waals surface area contributed by atoms with Crippen molar-refractivity contribution >= 4 is 0 Å². The maximum absolute atomic E-state index is 6.43. The van der Waals surface area contributed by atoms with Crippen LogP contribution in [0.3, 0.4) is 0 Å². The second kappa shape index (κ2) is 6.40. The van der Waals surface area contributed by atoms with Crippen LogP contribution >= 0.6 is 0 Å². The second-order valence-electron chi connectivity index (χ2n) is 6.16. The molecule has 0 spiro atoms. The smallest absolute Gasteiger partial charge is 0.123 e. The van der Waals surface area contributed by atoms with Gasteiger partial charge in [0.2, 0.25) is 0 Å². The van der Waals surface area contributed by atoms with Crippen molar-refractivity contribution < 1.29 is 4.74 Å². The van der Waals surface area contributed by atoms with Gasteiger partial charge in [-0.1, -0.05) is 39.8 Å². The van der Waals surface area contributed by atoms with Gasteiger partial charge in [-0.15, -0.1) is 0 Å². The second-order valence-corrected chi connectivity index (χ2v) is 6.16. The van der Waals surface area contributed by atoms with E-state index in [1.165, 1.54) is 5.56 Å². The summed E-state index contributed by atoms with van der Waals surface area (Å²) in [6.07, 6.45) is 0.892. The zero-order valence-corrected chi connectivity index (χ0v) is 12.9. The molecule has 0 bridgehead atoms. The molecule has 1 aromatic carbocycles. The third-order valence-electron chi connectivity index (χ3n) is 3.89. The van der Waals surface area contributed by atoms with Crippen LogP contribution in [0.15, 0.2) is 18.2 Å². The van der Waals surface area contributed by atoms with Gasteiger partial charge in [0.1, 0.15) is 5.75 Å². The number of rotatable bonds is 6. The summed E-state index contributed by atoms with van der Waals surface area (Å²) in [5, 5.41) is 0. The number of ether oxygens (including phenoxy) is 1. The van der Waals surface area contributed by atoms with Gasteiger partial charge >= 0.3 is 0 Å². The molecule has 0 aromatic heterocycles. The van der Waals surface area contributed by atoms with E-state index in [0.717, 1.165) is 17.7 Å². The Morgan fingerprint density at radius 1 is 1.26 bits per heavy atom. The monoisotopic (exact) mass is 264 g/mol. The molecule has 0 aliphatic carbocycles. The van der Waals surface area contributed by atoms with Crippen molar-refractivity contribution in [2.24, 2.45) is 16.9 Å². The molecule has 0 heterocycles. The lowest BCUT2D eigenvalue weighted by Crippen LogP contribution is -2.31. The van der Waals surface area contributed by atoms with Crippen molar-refractivity contribution in [2.75, 3.05) is 13.7 Å². The Balaban J connectivity index is 3.12. The number of hydrogen-bond acceptors (Lipinski definition) is 3. The van der Waals surface area contributed by atoms with Crippen LogP contribution in [-0.4, -0.2) is 13.7 Å². The van der Waals surface area contributed by atoms with Gasteiger partial charge in [-0.05, 0) is 35.9 Å². The van der Waals surface area contributed by atoms with Crippen LogP contribution in [0.2, 0.25) is 0 Å². The van der Waals surface area contributed by atoms with E-state index in [1.54, 1.807) is 7.11 Å². The quantitative estimate of drug-likeness (QED) is 0.829. The van der Waals surface area contributed by atoms with E-state index in [9.17, 15) is 0 Å². The highest BCUT2D eigenvalue weighted by atomic mass is 16.5. The summed E-state index contributed by atoms with van der Waals surface area (Å²) in [6.45, 7) is 9.30. The number of hydrogen-bond donors (Lipinski definition) is 2. The van der Waals surface area contributed by atoms with Crippen LogP contribution in [0.1, 0.15) is 57.2 Å². The van der Waals surface area contributed by atoms with Crippen LogP contribution in [-0.2, 0) is 0 Å². The standard InChI is InChI=1S/C16H28N2O/c1-11(2)12-6-7-13(14(10-12)19-5)15(18)16(3,4)8-9-17/h6-7,10-11,15H,8-9,17-18H2,1-5H3. The molecule has 108 valence electrons. The van der Waals surface area contributed by atoms with E-state index in [4.69, 9.17) is 16.2 Å². The van der Waals surface area contributed by atoms with Crippen molar-refractivity contribution in [3.63, 3.8) is 0 Å². The van der Waals surface area contributed by atoms with Crippen LogP contribution in [0.5, 0.6) is 5.75 Å². The Morgan fingerprint density at radius 2 is 1.89 bits per heavy atom. The number of benzene rings is 1. The van der Waals surface area contributed by atoms with Gasteiger partial charge in [-0.3, -0.25) is 0 Å². The lowest BCUT2D eigenvalue weighted by Gasteiger charge is -2.32. The zero-order valence-electron chi connectivity index (χ0n) is 12.9. The molecular weight excluding hydrogens is 236 g/mol. The minimum atomic E-state index is -0.0767. The first-order valence-electron chi connectivity index (χ1n) is 6.97. The molecule has 1 atom stereocenters. The van der Waals surface area contributed by atoms with Gasteiger partial charge in [-0.25, -0.2) is 0 Å². The fraction of sp³-hybridized carbons (Fsp3) is 0.625. The Hall–Kier alpha value is -1.06. The van der Waals surface area contributed by atoms with Crippen molar-refractivity contribution in [3.05, 3.63) is 29.3 Å². The fourth-order valence-electron chi connectivity index (χ4n) is 2.29. The van der Waals surface area contributed by atoms with E-state index < -0.39 is 0 Å². The van der Waals surface area contributed by atoms with Gasteiger partial charge < -0.3 is 16.2 Å². The van der Waals surface area contributed by atoms with E-state index in [1.807, 2.05) is 0 Å². The minimum absolute atomic E-state index is 0.0403. The van der Waals surface area contributed by atoms with Gasteiger partial charge in [-0.2, -0.15) is 0 Å². The maximum atomic E-state index is 6.43. The first-order chi connectivity index (χ1) is 8.83. The summed E-state index contributed by atoms with van der Waals surface area (Å²) in [6, 6.07) is 6.25. The van der Waals surface area contributed by atoms with Gasteiger partial charge in [0, 0.05) is 11.6 Å². The van der Waals surface area contributed by atoms with E-state index >= 15 is 0 Å². The van der Waals surface area contributed by atoms with Crippen molar-refractivity contribution in [2.45, 2.75) is 46.1 Å². The SMILES string of the molecule is COc1cc(C(C)C)ccc1C(N)C(C)(C)CCN. The third-order valence-corrected chi connectivity index (χ3v) is 3.89. The summed E-state index contributed by atoms with van der Waals surface area (Å²) in [5.41, 5.74) is 14.4. The summed E-state index contributed by atoms with van der Waals surface area (Å²) in [7, 11) is 1.70. The van der Waals surface area contributed by atoms with Gasteiger partial charge in [0.25, 0.3) is 0 Å². The molecule has 0 fully saturated rings. The highest BCUT2D eigenvalue weighted by Gasteiger charge is 2.29. The molecule has 0 aliphatic heterocycles. The molecule has 0 saturated heterocycles. The summed E-state index contributed by atoms with van der Waals surface area (Å²) in [4.78, 5) is 0. The van der Waals surface area contributed by atoms with Gasteiger partial charge in [0.15, 0.2) is 0 Å². The first kappa shape index (κ1) is 16.0. The molecule has 0 saturated carbocycles. The molecule has 3 nitrogen and oxygen atoms in total. The minimum Gasteiger partial charge on any atom is -0.496 e. The van der Waals surface area contributed by atoms with Crippen molar-refractivity contribution in [3.8, 4) is 5.75 Å². The summed E-state index contributed by atoms with van der Waals surface area (Å²) < 4.78 is 5.52. The molecule has 0 radical (unpaired) electrons. The van der Waals surface area contributed by atoms with Crippen LogP contribution < -0.4 is 16.2 Å². The number of methoxy groups -OCH3 is 1. The zero-order chi connectivity index (χ0) is 14.6. The molecular formula is C16H28N2O. The Labute approximate surface area is 117 Å². The third kappa shape index (κ3) is 3.71. The van der Waals surface area contributed by atoms with Crippen LogP contribution in [0, 0.1) is 5.41 Å². The van der Waals surface area contributed by atoms with E-state index in [2.05, 4.69) is 45.9 Å². The molecule has 4 N–H and O–H groups in total.